The van der Waals surface area contributed by atoms with Crippen molar-refractivity contribution in [2.45, 2.75) is 19.8 Å². The second-order valence-electron chi connectivity index (χ2n) is 3.30. The van der Waals surface area contributed by atoms with Gasteiger partial charge >= 0.3 is 5.97 Å². The van der Waals surface area contributed by atoms with Gasteiger partial charge in [0.25, 0.3) is 6.43 Å². The Balaban J connectivity index is 3.03. The molecule has 1 rings (SSSR count). The maximum absolute atomic E-state index is 12.8. The number of esters is 1. The lowest BCUT2D eigenvalue weighted by atomic mass is 10.2. The summed E-state index contributed by atoms with van der Waals surface area (Å²) >= 11 is 1.77. The summed E-state index contributed by atoms with van der Waals surface area (Å²) in [5.41, 5.74) is 0.0878. The van der Waals surface area contributed by atoms with Gasteiger partial charge in [0.05, 0.1) is 31.4 Å². The average Bonchev–Trinajstić information content (AvgIpc) is 2.27. The van der Waals surface area contributed by atoms with Crippen molar-refractivity contribution in [1.29, 1.82) is 0 Å². The monoisotopic (exact) mass is 371 g/mol. The molecule has 0 bridgehead atoms. The summed E-state index contributed by atoms with van der Waals surface area (Å²) < 4.78 is 35.4. The summed E-state index contributed by atoms with van der Waals surface area (Å²) in [6.45, 7) is 1.96. The van der Waals surface area contributed by atoms with Crippen LogP contribution in [0.3, 0.4) is 0 Å². The number of hydrogen-bond acceptors (Lipinski definition) is 4. The molecule has 0 atom stereocenters. The molecule has 0 fully saturated rings. The van der Waals surface area contributed by atoms with Crippen molar-refractivity contribution in [2.24, 2.45) is 0 Å². The molecule has 100 valence electrons. The van der Waals surface area contributed by atoms with Crippen molar-refractivity contribution in [2.75, 3.05) is 13.7 Å². The molecule has 1 aromatic rings. The van der Waals surface area contributed by atoms with Crippen LogP contribution in [0.4, 0.5) is 8.78 Å². The Labute approximate surface area is 117 Å². The predicted octanol–water partition coefficient (Wildman–Crippen LogP) is 2.74. The summed E-state index contributed by atoms with van der Waals surface area (Å²) in [6, 6.07) is 1.43. The van der Waals surface area contributed by atoms with Gasteiger partial charge in [0.2, 0.25) is 5.88 Å². The summed E-state index contributed by atoms with van der Waals surface area (Å²) in [6.07, 6.45) is -2.74. The largest absolute Gasteiger partial charge is 0.481 e. The van der Waals surface area contributed by atoms with E-state index in [0.29, 0.717) is 9.26 Å². The van der Waals surface area contributed by atoms with E-state index in [4.69, 9.17) is 9.47 Å². The highest BCUT2D eigenvalue weighted by molar-refractivity contribution is 14.1. The fraction of sp³-hybridized carbons (Fsp3) is 0.455. The lowest BCUT2D eigenvalue weighted by Crippen LogP contribution is -2.10. The average molecular weight is 371 g/mol. The molecule has 0 saturated carbocycles. The quantitative estimate of drug-likeness (QED) is 0.590. The van der Waals surface area contributed by atoms with Crippen molar-refractivity contribution in [1.82, 2.24) is 4.98 Å². The van der Waals surface area contributed by atoms with E-state index >= 15 is 0 Å². The van der Waals surface area contributed by atoms with E-state index in [0.717, 1.165) is 0 Å². The number of pyridine rings is 1. The molecule has 0 aliphatic heterocycles. The number of carbonyl (C=O) groups excluding carboxylic acids is 1. The van der Waals surface area contributed by atoms with Crippen molar-refractivity contribution in [3.05, 3.63) is 20.9 Å². The number of ether oxygens (including phenoxy) is 2. The summed E-state index contributed by atoms with van der Waals surface area (Å²) in [7, 11) is 1.26. The zero-order valence-electron chi connectivity index (χ0n) is 9.87. The molecule has 0 N–H and O–H groups in total. The molecule has 7 heteroatoms. The van der Waals surface area contributed by atoms with E-state index in [1.807, 2.05) is 0 Å². The predicted molar refractivity (Wildman–Crippen MR) is 68.8 cm³/mol. The van der Waals surface area contributed by atoms with E-state index in [9.17, 15) is 13.6 Å². The van der Waals surface area contributed by atoms with E-state index in [-0.39, 0.29) is 24.5 Å². The first kappa shape index (κ1) is 15.1. The van der Waals surface area contributed by atoms with Gasteiger partial charge in [-0.25, -0.2) is 13.8 Å². The van der Waals surface area contributed by atoms with Crippen molar-refractivity contribution in [3.8, 4) is 5.88 Å². The number of carbonyl (C=O) groups is 1. The normalized spacial score (nSPS) is 10.6. The number of halogens is 3. The van der Waals surface area contributed by atoms with Gasteiger partial charge in [-0.05, 0) is 35.6 Å². The maximum atomic E-state index is 12.8. The van der Waals surface area contributed by atoms with Crippen molar-refractivity contribution < 1.29 is 23.0 Å². The molecule has 1 aromatic heterocycles. The molecule has 0 aliphatic rings. The molecule has 0 radical (unpaired) electrons. The molecule has 0 saturated heterocycles. The molecule has 0 aliphatic carbocycles. The smallest absolute Gasteiger partial charge is 0.311 e. The minimum Gasteiger partial charge on any atom is -0.481 e. The molecule has 4 nitrogen and oxygen atoms in total. The van der Waals surface area contributed by atoms with Crippen molar-refractivity contribution in [3.63, 3.8) is 0 Å². The molecule has 18 heavy (non-hydrogen) atoms. The van der Waals surface area contributed by atoms with Gasteiger partial charge in [-0.3, -0.25) is 4.79 Å². The Morgan fingerprint density at radius 1 is 1.56 bits per heavy atom. The molecular weight excluding hydrogens is 359 g/mol. The SMILES string of the molecule is CCOC(=O)Cc1cc(I)c(C(F)F)c(OC)n1. The van der Waals surface area contributed by atoms with Gasteiger partial charge in [-0.1, -0.05) is 0 Å². The van der Waals surface area contributed by atoms with Crippen molar-refractivity contribution >= 4 is 28.6 Å². The minimum atomic E-state index is -2.67. The molecule has 0 amide bonds. The topological polar surface area (TPSA) is 48.4 Å². The molecule has 1 heterocycles. The first-order valence-electron chi connectivity index (χ1n) is 5.16. The molecule has 0 aromatic carbocycles. The third kappa shape index (κ3) is 3.76. The Bertz CT molecular complexity index is 441. The highest BCUT2D eigenvalue weighted by Crippen LogP contribution is 2.32. The number of rotatable bonds is 5. The van der Waals surface area contributed by atoms with Crippen LogP contribution in [-0.2, 0) is 16.0 Å². The third-order valence-electron chi connectivity index (χ3n) is 2.07. The first-order chi connectivity index (χ1) is 8.49. The number of nitrogens with zero attached hydrogens (tertiary/aromatic N) is 1. The van der Waals surface area contributed by atoms with Crippen LogP contribution in [0.5, 0.6) is 5.88 Å². The number of aromatic nitrogens is 1. The standard InChI is InChI=1S/C11H12F2INO3/c1-3-18-8(16)5-6-4-7(14)9(10(12)13)11(15-6)17-2/h4,10H,3,5H2,1-2H3. The molecular formula is C11H12F2INO3. The maximum Gasteiger partial charge on any atom is 0.311 e. The number of methoxy groups -OCH3 is 1. The number of alkyl halides is 2. The van der Waals surface area contributed by atoms with Crippen LogP contribution >= 0.6 is 22.6 Å². The highest BCUT2D eigenvalue weighted by atomic mass is 127. The van der Waals surface area contributed by atoms with Gasteiger partial charge in [0.15, 0.2) is 0 Å². The Kier molecular flexibility index (Phi) is 5.70. The molecule has 0 spiro atoms. The lowest BCUT2D eigenvalue weighted by molar-refractivity contribution is -0.142. The van der Waals surface area contributed by atoms with E-state index < -0.39 is 12.4 Å². The van der Waals surface area contributed by atoms with Gasteiger partial charge in [0, 0.05) is 3.57 Å². The van der Waals surface area contributed by atoms with Gasteiger partial charge in [-0.2, -0.15) is 0 Å². The molecule has 0 unspecified atom stereocenters. The van der Waals surface area contributed by atoms with E-state index in [1.165, 1.54) is 13.2 Å². The first-order valence-corrected chi connectivity index (χ1v) is 6.24. The fourth-order valence-electron chi connectivity index (χ4n) is 1.35. The zero-order chi connectivity index (χ0) is 13.7. The Hall–Kier alpha value is -0.990. The van der Waals surface area contributed by atoms with Crippen LogP contribution in [0.25, 0.3) is 0 Å². The van der Waals surface area contributed by atoms with Gasteiger partial charge in [0.1, 0.15) is 0 Å². The van der Waals surface area contributed by atoms with Crippen LogP contribution < -0.4 is 4.74 Å². The van der Waals surface area contributed by atoms with Crippen LogP contribution in [0.15, 0.2) is 6.07 Å². The summed E-state index contributed by atoms with van der Waals surface area (Å²) in [4.78, 5) is 15.2. The second-order valence-corrected chi connectivity index (χ2v) is 4.46. The number of hydrogen-bond donors (Lipinski definition) is 0. The van der Waals surface area contributed by atoms with Crippen LogP contribution in [0, 0.1) is 3.57 Å². The highest BCUT2D eigenvalue weighted by Gasteiger charge is 2.21. The Morgan fingerprint density at radius 3 is 2.72 bits per heavy atom. The van der Waals surface area contributed by atoms with Gasteiger partial charge < -0.3 is 9.47 Å². The van der Waals surface area contributed by atoms with E-state index in [1.54, 1.807) is 29.5 Å². The lowest BCUT2D eigenvalue weighted by Gasteiger charge is -2.11. The third-order valence-corrected chi connectivity index (χ3v) is 2.96. The minimum absolute atomic E-state index is 0.0658. The van der Waals surface area contributed by atoms with Crippen LogP contribution in [-0.4, -0.2) is 24.7 Å². The summed E-state index contributed by atoms with van der Waals surface area (Å²) in [5.74, 6) is -0.608. The fourth-order valence-corrected chi connectivity index (χ4v) is 2.18. The summed E-state index contributed by atoms with van der Waals surface area (Å²) in [5, 5.41) is 0. The Morgan fingerprint density at radius 2 is 2.22 bits per heavy atom. The van der Waals surface area contributed by atoms with E-state index in [2.05, 4.69) is 4.98 Å². The second kappa shape index (κ2) is 6.81. The zero-order valence-corrected chi connectivity index (χ0v) is 12.0. The van der Waals surface area contributed by atoms with Crippen LogP contribution in [0.2, 0.25) is 0 Å². The van der Waals surface area contributed by atoms with Gasteiger partial charge in [-0.15, -0.1) is 0 Å². The van der Waals surface area contributed by atoms with Crippen LogP contribution in [0.1, 0.15) is 24.6 Å².